The van der Waals surface area contributed by atoms with E-state index in [1.165, 1.54) is 12.7 Å². The number of allylic oxidation sites excluding steroid dienone is 1. The first-order valence-electron chi connectivity index (χ1n) is 11.7. The summed E-state index contributed by atoms with van der Waals surface area (Å²) < 4.78 is 13.2. The fourth-order valence-electron chi connectivity index (χ4n) is 4.08. The van der Waals surface area contributed by atoms with E-state index in [2.05, 4.69) is 62.3 Å². The first kappa shape index (κ1) is 24.9. The van der Waals surface area contributed by atoms with Crippen LogP contribution in [0, 0.1) is 0 Å². The van der Waals surface area contributed by atoms with Crippen molar-refractivity contribution in [3.8, 4) is 5.75 Å². The molecule has 0 amide bonds. The summed E-state index contributed by atoms with van der Waals surface area (Å²) in [6, 6.07) is 15.7. The Kier molecular flexibility index (Phi) is 7.21. The molecule has 0 saturated heterocycles. The number of esters is 1. The number of para-hydroxylation sites is 1. The number of methoxy groups -OCH3 is 1. The topological polar surface area (TPSA) is 78.3 Å². The molecule has 2 heterocycles. The van der Waals surface area contributed by atoms with Gasteiger partial charge in [0.15, 0.2) is 0 Å². The molecule has 0 radical (unpaired) electrons. The Balaban J connectivity index is 1.70. The van der Waals surface area contributed by atoms with Crippen LogP contribution in [0.15, 0.2) is 65.0 Å². The third-order valence-electron chi connectivity index (χ3n) is 5.94. The summed E-state index contributed by atoms with van der Waals surface area (Å²) in [5, 5.41) is 8.56. The molecule has 7 nitrogen and oxygen atoms in total. The Morgan fingerprint density at radius 3 is 2.51 bits per heavy atom. The van der Waals surface area contributed by atoms with E-state index in [0.29, 0.717) is 34.7 Å². The Hall–Kier alpha value is -3.26. The SMILES string of the molecule is CCSc1nc2n(n1)C(c1ccccc1OCc1ccc(C(C)(C)C)cc1)C(C(=O)OC)=C(C)N2. The van der Waals surface area contributed by atoms with E-state index in [1.54, 1.807) is 16.4 Å². The van der Waals surface area contributed by atoms with Gasteiger partial charge in [-0.3, -0.25) is 0 Å². The lowest BCUT2D eigenvalue weighted by Gasteiger charge is -2.29. The Labute approximate surface area is 210 Å². The van der Waals surface area contributed by atoms with Gasteiger partial charge in [-0.15, -0.1) is 5.10 Å². The average molecular weight is 493 g/mol. The fourth-order valence-corrected chi connectivity index (χ4v) is 4.64. The summed E-state index contributed by atoms with van der Waals surface area (Å²) in [5.41, 5.74) is 4.42. The largest absolute Gasteiger partial charge is 0.489 e. The Morgan fingerprint density at radius 1 is 1.14 bits per heavy atom. The van der Waals surface area contributed by atoms with Crippen molar-refractivity contribution in [1.82, 2.24) is 14.8 Å². The van der Waals surface area contributed by atoms with Gasteiger partial charge in [-0.05, 0) is 35.3 Å². The number of aromatic nitrogens is 3. The molecular weight excluding hydrogens is 460 g/mol. The van der Waals surface area contributed by atoms with Crippen LogP contribution in [0.4, 0.5) is 5.95 Å². The number of ether oxygens (including phenoxy) is 2. The molecule has 8 heteroatoms. The van der Waals surface area contributed by atoms with E-state index in [1.807, 2.05) is 31.2 Å². The number of hydrogen-bond donors (Lipinski definition) is 1. The molecular formula is C27H32N4O3S. The standard InChI is InChI=1S/C27H32N4O3S/c1-7-35-26-29-25-28-17(2)22(24(32)33-6)23(31(25)30-26)20-10-8-9-11-21(20)34-16-18-12-14-19(15-13-18)27(3,4)5/h8-15,23H,7,16H2,1-6H3,(H,28,29,30). The summed E-state index contributed by atoms with van der Waals surface area (Å²) in [7, 11) is 1.39. The number of hydrogen-bond acceptors (Lipinski definition) is 7. The number of anilines is 1. The predicted octanol–water partition coefficient (Wildman–Crippen LogP) is 5.73. The molecule has 0 spiro atoms. The van der Waals surface area contributed by atoms with Crippen LogP contribution >= 0.6 is 11.8 Å². The highest BCUT2D eigenvalue weighted by molar-refractivity contribution is 7.99. The molecule has 1 atom stereocenters. The summed E-state index contributed by atoms with van der Waals surface area (Å²) in [5.74, 6) is 1.69. The van der Waals surface area contributed by atoms with Gasteiger partial charge >= 0.3 is 5.97 Å². The second-order valence-corrected chi connectivity index (χ2v) is 10.7. The van der Waals surface area contributed by atoms with Gasteiger partial charge in [0.25, 0.3) is 0 Å². The molecule has 0 fully saturated rings. The maximum Gasteiger partial charge on any atom is 0.338 e. The molecule has 1 aliphatic rings. The molecule has 3 aromatic rings. The summed E-state index contributed by atoms with van der Waals surface area (Å²) in [6.45, 7) is 10.9. The van der Waals surface area contributed by atoms with E-state index in [0.717, 1.165) is 16.9 Å². The Bertz CT molecular complexity index is 1240. The molecule has 4 rings (SSSR count). The zero-order valence-corrected chi connectivity index (χ0v) is 21.9. The van der Waals surface area contributed by atoms with E-state index in [4.69, 9.17) is 14.6 Å². The molecule has 1 unspecified atom stereocenters. The van der Waals surface area contributed by atoms with E-state index >= 15 is 0 Å². The first-order valence-corrected chi connectivity index (χ1v) is 12.7. The number of benzene rings is 2. The van der Waals surface area contributed by atoms with Crippen LogP contribution in [0.1, 0.15) is 57.4 Å². The molecule has 0 bridgehead atoms. The maximum absolute atomic E-state index is 12.9. The maximum atomic E-state index is 12.9. The lowest BCUT2D eigenvalue weighted by atomic mass is 9.87. The third-order valence-corrected chi connectivity index (χ3v) is 6.66. The van der Waals surface area contributed by atoms with Crippen molar-refractivity contribution in [3.63, 3.8) is 0 Å². The molecule has 1 N–H and O–H groups in total. The first-order chi connectivity index (χ1) is 16.7. The van der Waals surface area contributed by atoms with Gasteiger partial charge in [-0.25, -0.2) is 9.48 Å². The normalized spacial score (nSPS) is 15.4. The van der Waals surface area contributed by atoms with Gasteiger partial charge < -0.3 is 14.8 Å². The van der Waals surface area contributed by atoms with Crippen LogP contribution in [0.2, 0.25) is 0 Å². The highest BCUT2D eigenvalue weighted by Crippen LogP contribution is 2.40. The lowest BCUT2D eigenvalue weighted by molar-refractivity contribution is -0.136. The molecule has 0 saturated carbocycles. The van der Waals surface area contributed by atoms with Crippen LogP contribution in [-0.4, -0.2) is 33.6 Å². The number of nitrogens with zero attached hydrogens (tertiary/aromatic N) is 3. The minimum Gasteiger partial charge on any atom is -0.489 e. The zero-order valence-electron chi connectivity index (χ0n) is 21.1. The summed E-state index contributed by atoms with van der Waals surface area (Å²) in [4.78, 5) is 17.5. The minimum atomic E-state index is -0.531. The van der Waals surface area contributed by atoms with Gasteiger partial charge in [0.05, 0.1) is 12.7 Å². The van der Waals surface area contributed by atoms with Gasteiger partial charge in [0, 0.05) is 11.3 Å². The molecule has 35 heavy (non-hydrogen) atoms. The van der Waals surface area contributed by atoms with Gasteiger partial charge in [-0.2, -0.15) is 4.98 Å². The Morgan fingerprint density at radius 2 is 1.86 bits per heavy atom. The van der Waals surface area contributed by atoms with E-state index in [-0.39, 0.29) is 5.41 Å². The van der Waals surface area contributed by atoms with Crippen LogP contribution in [-0.2, 0) is 21.6 Å². The number of fused-ring (bicyclic) bond motifs is 1. The van der Waals surface area contributed by atoms with Crippen molar-refractivity contribution in [3.05, 3.63) is 76.5 Å². The number of carbonyl (C=O) groups is 1. The van der Waals surface area contributed by atoms with Crippen molar-refractivity contribution >= 4 is 23.7 Å². The number of nitrogens with one attached hydrogen (secondary N) is 1. The monoisotopic (exact) mass is 492 g/mol. The van der Waals surface area contributed by atoms with Crippen molar-refractivity contribution in [2.45, 2.75) is 57.8 Å². The van der Waals surface area contributed by atoms with Crippen molar-refractivity contribution in [1.29, 1.82) is 0 Å². The van der Waals surface area contributed by atoms with Gasteiger partial charge in [-0.1, -0.05) is 81.9 Å². The second-order valence-electron chi connectivity index (χ2n) is 9.43. The van der Waals surface area contributed by atoms with Crippen LogP contribution in [0.25, 0.3) is 0 Å². The fraction of sp³-hybridized carbons (Fsp3) is 0.370. The average Bonchev–Trinajstić information content (AvgIpc) is 3.23. The van der Waals surface area contributed by atoms with Gasteiger partial charge in [0.2, 0.25) is 11.1 Å². The number of carbonyl (C=O) groups excluding carboxylic acids is 1. The number of rotatable bonds is 7. The van der Waals surface area contributed by atoms with Crippen molar-refractivity contribution in [2.24, 2.45) is 0 Å². The third kappa shape index (κ3) is 5.22. The highest BCUT2D eigenvalue weighted by Gasteiger charge is 2.36. The lowest BCUT2D eigenvalue weighted by Crippen LogP contribution is -2.29. The van der Waals surface area contributed by atoms with Crippen LogP contribution in [0.3, 0.4) is 0 Å². The predicted molar refractivity (Wildman–Crippen MR) is 139 cm³/mol. The highest BCUT2D eigenvalue weighted by atomic mass is 32.2. The quantitative estimate of drug-likeness (QED) is 0.333. The van der Waals surface area contributed by atoms with Crippen LogP contribution < -0.4 is 10.1 Å². The van der Waals surface area contributed by atoms with Crippen molar-refractivity contribution < 1.29 is 14.3 Å². The van der Waals surface area contributed by atoms with E-state index in [9.17, 15) is 4.79 Å². The van der Waals surface area contributed by atoms with Crippen LogP contribution in [0.5, 0.6) is 5.75 Å². The molecule has 1 aromatic heterocycles. The van der Waals surface area contributed by atoms with Crippen molar-refractivity contribution in [2.75, 3.05) is 18.2 Å². The molecule has 1 aliphatic heterocycles. The second kappa shape index (κ2) is 10.2. The number of thioether (sulfide) groups is 1. The molecule has 184 valence electrons. The molecule has 0 aliphatic carbocycles. The van der Waals surface area contributed by atoms with Gasteiger partial charge in [0.1, 0.15) is 18.4 Å². The minimum absolute atomic E-state index is 0.0971. The zero-order chi connectivity index (χ0) is 25.2. The smallest absolute Gasteiger partial charge is 0.338 e. The summed E-state index contributed by atoms with van der Waals surface area (Å²) >= 11 is 1.55. The molecule has 2 aromatic carbocycles. The summed E-state index contributed by atoms with van der Waals surface area (Å²) in [6.07, 6.45) is 0. The van der Waals surface area contributed by atoms with E-state index < -0.39 is 12.0 Å².